The van der Waals surface area contributed by atoms with Crippen LogP contribution < -0.4 is 15.8 Å². The minimum Gasteiger partial charge on any atom is -0.482 e. The van der Waals surface area contributed by atoms with Crippen LogP contribution in [-0.2, 0) is 4.79 Å². The molecule has 2 unspecified atom stereocenters. The lowest BCUT2D eigenvalue weighted by molar-refractivity contribution is -0.118. The molecule has 1 heterocycles. The van der Waals surface area contributed by atoms with Gasteiger partial charge in [-0.05, 0) is 41.9 Å². The first kappa shape index (κ1) is 14.4. The third kappa shape index (κ3) is 2.77. The third-order valence-electron chi connectivity index (χ3n) is 5.04. The van der Waals surface area contributed by atoms with Crippen molar-refractivity contribution in [1.82, 2.24) is 0 Å². The van der Waals surface area contributed by atoms with Gasteiger partial charge in [0.2, 0.25) is 0 Å². The summed E-state index contributed by atoms with van der Waals surface area (Å²) in [6, 6.07) is 5.93. The van der Waals surface area contributed by atoms with Gasteiger partial charge in [0.15, 0.2) is 6.61 Å². The topological polar surface area (TPSA) is 64.3 Å². The van der Waals surface area contributed by atoms with E-state index in [9.17, 15) is 4.79 Å². The van der Waals surface area contributed by atoms with Crippen molar-refractivity contribution in [3.05, 3.63) is 23.8 Å². The van der Waals surface area contributed by atoms with Crippen LogP contribution in [0, 0.1) is 11.3 Å². The second-order valence-corrected chi connectivity index (χ2v) is 6.96. The summed E-state index contributed by atoms with van der Waals surface area (Å²) in [7, 11) is 0. The minimum atomic E-state index is -0.105. The van der Waals surface area contributed by atoms with Crippen LogP contribution in [0.3, 0.4) is 0 Å². The minimum absolute atomic E-state index is 0.00410. The van der Waals surface area contributed by atoms with Crippen molar-refractivity contribution in [3.63, 3.8) is 0 Å². The first-order valence-corrected chi connectivity index (χ1v) is 7.79. The molecule has 114 valence electrons. The second-order valence-electron chi connectivity index (χ2n) is 6.96. The Labute approximate surface area is 126 Å². The van der Waals surface area contributed by atoms with Crippen molar-refractivity contribution < 1.29 is 9.53 Å². The van der Waals surface area contributed by atoms with Gasteiger partial charge in [0, 0.05) is 6.04 Å². The largest absolute Gasteiger partial charge is 0.482 e. The lowest BCUT2D eigenvalue weighted by atomic mass is 9.65. The van der Waals surface area contributed by atoms with E-state index in [1.807, 2.05) is 18.2 Å². The molecule has 3 rings (SSSR count). The van der Waals surface area contributed by atoms with Gasteiger partial charge in [0.1, 0.15) is 5.75 Å². The Morgan fingerprint density at radius 3 is 2.95 bits per heavy atom. The summed E-state index contributed by atoms with van der Waals surface area (Å²) in [4.78, 5) is 11.4. The maximum atomic E-state index is 11.4. The van der Waals surface area contributed by atoms with Crippen molar-refractivity contribution in [2.24, 2.45) is 17.1 Å². The molecular weight excluding hydrogens is 264 g/mol. The molecule has 3 N–H and O–H groups in total. The Hall–Kier alpha value is -1.55. The number of hydrogen-bond donors (Lipinski definition) is 2. The molecule has 21 heavy (non-hydrogen) atoms. The van der Waals surface area contributed by atoms with E-state index >= 15 is 0 Å². The Morgan fingerprint density at radius 2 is 2.19 bits per heavy atom. The molecule has 0 radical (unpaired) electrons. The van der Waals surface area contributed by atoms with E-state index in [1.54, 1.807) is 0 Å². The van der Waals surface area contributed by atoms with E-state index in [0.29, 0.717) is 5.92 Å². The summed E-state index contributed by atoms with van der Waals surface area (Å²) < 4.78 is 5.40. The number of nitrogens with two attached hydrogens (primary N) is 1. The van der Waals surface area contributed by atoms with Crippen LogP contribution in [0.2, 0.25) is 0 Å². The lowest BCUT2D eigenvalue weighted by Crippen LogP contribution is -2.36. The van der Waals surface area contributed by atoms with Gasteiger partial charge in [-0.2, -0.15) is 0 Å². The summed E-state index contributed by atoms with van der Waals surface area (Å²) in [5.41, 5.74) is 8.66. The Balaban J connectivity index is 1.86. The zero-order valence-corrected chi connectivity index (χ0v) is 12.8. The van der Waals surface area contributed by atoms with Crippen molar-refractivity contribution in [1.29, 1.82) is 0 Å². The van der Waals surface area contributed by atoms with Crippen LogP contribution in [0.25, 0.3) is 0 Å². The molecule has 0 spiro atoms. The van der Waals surface area contributed by atoms with Crippen LogP contribution >= 0.6 is 0 Å². The van der Waals surface area contributed by atoms with Gasteiger partial charge in [-0.1, -0.05) is 32.8 Å². The number of anilines is 1. The van der Waals surface area contributed by atoms with Crippen LogP contribution in [0.15, 0.2) is 18.2 Å². The van der Waals surface area contributed by atoms with Gasteiger partial charge < -0.3 is 15.8 Å². The van der Waals surface area contributed by atoms with E-state index in [4.69, 9.17) is 10.5 Å². The first-order valence-electron chi connectivity index (χ1n) is 7.79. The zero-order valence-electron chi connectivity index (χ0n) is 12.8. The third-order valence-corrected chi connectivity index (χ3v) is 5.04. The fourth-order valence-electron chi connectivity index (χ4n) is 3.73. The van der Waals surface area contributed by atoms with Gasteiger partial charge in [0.05, 0.1) is 5.69 Å². The summed E-state index contributed by atoms with van der Waals surface area (Å²) >= 11 is 0. The van der Waals surface area contributed by atoms with E-state index in [-0.39, 0.29) is 24.0 Å². The molecule has 2 atom stereocenters. The molecule has 2 aliphatic rings. The van der Waals surface area contributed by atoms with Crippen LogP contribution in [0.4, 0.5) is 5.69 Å². The predicted octanol–water partition coefficient (Wildman–Crippen LogP) is 3.23. The number of nitrogens with one attached hydrogen (secondary N) is 1. The fraction of sp³-hybridized carbons (Fsp3) is 0.588. The number of ether oxygens (including phenoxy) is 1. The van der Waals surface area contributed by atoms with Gasteiger partial charge >= 0.3 is 0 Å². The number of rotatable bonds is 2. The molecule has 0 aromatic heterocycles. The maximum Gasteiger partial charge on any atom is 0.262 e. The van der Waals surface area contributed by atoms with Crippen molar-refractivity contribution in [2.75, 3.05) is 11.9 Å². The fourth-order valence-corrected chi connectivity index (χ4v) is 3.73. The average Bonchev–Trinajstić information content (AvgIpc) is 2.45. The zero-order chi connectivity index (χ0) is 15.0. The molecule has 1 saturated carbocycles. The number of fused-ring (bicyclic) bond motifs is 1. The van der Waals surface area contributed by atoms with Crippen LogP contribution in [0.5, 0.6) is 5.75 Å². The number of benzene rings is 1. The van der Waals surface area contributed by atoms with E-state index in [2.05, 4.69) is 19.2 Å². The molecule has 1 aromatic carbocycles. The normalized spacial score (nSPS) is 25.5. The highest BCUT2D eigenvalue weighted by atomic mass is 16.5. The lowest BCUT2D eigenvalue weighted by Gasteiger charge is -2.42. The standard InChI is InChI=1S/C17H24N2O2/c1-17(2)8-4-3-5-12(17)16(18)11-6-7-14-13(9-11)19-15(20)10-21-14/h6-7,9,12,16H,3-5,8,10,18H2,1-2H3,(H,19,20). The molecule has 1 fully saturated rings. The molecule has 1 amide bonds. The van der Waals surface area contributed by atoms with E-state index in [1.165, 1.54) is 25.7 Å². The highest BCUT2D eigenvalue weighted by Crippen LogP contribution is 2.46. The summed E-state index contributed by atoms with van der Waals surface area (Å²) in [6.07, 6.45) is 4.96. The van der Waals surface area contributed by atoms with Crippen LogP contribution in [0.1, 0.15) is 51.1 Å². The van der Waals surface area contributed by atoms with Crippen molar-refractivity contribution in [3.8, 4) is 5.75 Å². The van der Waals surface area contributed by atoms with Crippen molar-refractivity contribution >= 4 is 11.6 Å². The SMILES string of the molecule is CC1(C)CCCCC1C(N)c1ccc2c(c1)NC(=O)CO2. The Morgan fingerprint density at radius 1 is 1.38 bits per heavy atom. The molecule has 1 aromatic rings. The monoisotopic (exact) mass is 288 g/mol. The molecule has 0 bridgehead atoms. The Bertz CT molecular complexity index is 554. The molecule has 0 saturated heterocycles. The maximum absolute atomic E-state index is 11.4. The summed E-state index contributed by atoms with van der Waals surface area (Å²) in [6.45, 7) is 4.73. The number of hydrogen-bond acceptors (Lipinski definition) is 3. The highest BCUT2D eigenvalue weighted by molar-refractivity contribution is 5.95. The molecule has 4 nitrogen and oxygen atoms in total. The molecule has 1 aliphatic carbocycles. The van der Waals surface area contributed by atoms with Gasteiger partial charge in [-0.15, -0.1) is 0 Å². The smallest absolute Gasteiger partial charge is 0.262 e. The quantitative estimate of drug-likeness (QED) is 0.878. The predicted molar refractivity (Wildman–Crippen MR) is 83.2 cm³/mol. The molecule has 1 aliphatic heterocycles. The van der Waals surface area contributed by atoms with Gasteiger partial charge in [0.25, 0.3) is 5.91 Å². The number of carbonyl (C=O) groups is 1. The highest BCUT2D eigenvalue weighted by Gasteiger charge is 2.36. The van der Waals surface area contributed by atoms with Gasteiger partial charge in [-0.3, -0.25) is 4.79 Å². The van der Waals surface area contributed by atoms with E-state index in [0.717, 1.165) is 17.0 Å². The number of amides is 1. The van der Waals surface area contributed by atoms with Gasteiger partial charge in [-0.25, -0.2) is 0 Å². The first-order chi connectivity index (χ1) is 9.97. The second kappa shape index (κ2) is 5.34. The molecule has 4 heteroatoms. The van der Waals surface area contributed by atoms with Crippen LogP contribution in [-0.4, -0.2) is 12.5 Å². The summed E-state index contributed by atoms with van der Waals surface area (Å²) in [5.74, 6) is 1.10. The average molecular weight is 288 g/mol. The van der Waals surface area contributed by atoms with E-state index < -0.39 is 0 Å². The number of carbonyl (C=O) groups excluding carboxylic acids is 1. The Kier molecular flexibility index (Phi) is 3.66. The van der Waals surface area contributed by atoms with Crippen molar-refractivity contribution in [2.45, 2.75) is 45.6 Å². The summed E-state index contributed by atoms with van der Waals surface area (Å²) in [5, 5.41) is 2.86. The molecular formula is C17H24N2O2.